The van der Waals surface area contributed by atoms with Gasteiger partial charge in [-0.25, -0.2) is 13.4 Å². The standard InChI is InChI=1S/C14H14FNO2S/c1-11(13-5-3-2-4-6-13)19(17,18)10-12-7-8-16-14(15)9-12/h2-9,11H,10H2,1H3. The first kappa shape index (κ1) is 13.7. The molecule has 0 spiro atoms. The molecule has 0 fully saturated rings. The second kappa shape index (κ2) is 5.48. The number of pyridine rings is 1. The first-order chi connectivity index (χ1) is 8.99. The van der Waals surface area contributed by atoms with Gasteiger partial charge in [-0.15, -0.1) is 0 Å². The fourth-order valence-corrected chi connectivity index (χ4v) is 3.29. The normalized spacial score (nSPS) is 13.2. The van der Waals surface area contributed by atoms with Gasteiger partial charge in [-0.05, 0) is 30.2 Å². The lowest BCUT2D eigenvalue weighted by molar-refractivity contribution is 0.578. The summed E-state index contributed by atoms with van der Waals surface area (Å²) < 4.78 is 37.5. The molecule has 2 aromatic rings. The largest absolute Gasteiger partial charge is 0.228 e. The Balaban J connectivity index is 2.24. The number of hydrogen-bond acceptors (Lipinski definition) is 3. The number of rotatable bonds is 4. The van der Waals surface area contributed by atoms with Crippen LogP contribution in [0.4, 0.5) is 4.39 Å². The third kappa shape index (κ3) is 3.38. The average molecular weight is 279 g/mol. The Morgan fingerprint density at radius 2 is 1.89 bits per heavy atom. The fourth-order valence-electron chi connectivity index (χ4n) is 1.82. The van der Waals surface area contributed by atoms with Crippen molar-refractivity contribution in [2.75, 3.05) is 0 Å². The number of benzene rings is 1. The van der Waals surface area contributed by atoms with Gasteiger partial charge >= 0.3 is 0 Å². The van der Waals surface area contributed by atoms with E-state index in [1.807, 2.05) is 6.07 Å². The Hall–Kier alpha value is -1.75. The Kier molecular flexibility index (Phi) is 3.95. The lowest BCUT2D eigenvalue weighted by Gasteiger charge is -2.13. The van der Waals surface area contributed by atoms with Gasteiger partial charge in [0.1, 0.15) is 0 Å². The van der Waals surface area contributed by atoms with Crippen molar-refractivity contribution in [1.82, 2.24) is 4.98 Å². The van der Waals surface area contributed by atoms with Crippen molar-refractivity contribution >= 4 is 9.84 Å². The molecule has 1 unspecified atom stereocenters. The molecule has 0 amide bonds. The summed E-state index contributed by atoms with van der Waals surface area (Å²) in [6.45, 7) is 1.64. The molecule has 2 rings (SSSR count). The monoisotopic (exact) mass is 279 g/mol. The molecule has 1 heterocycles. The Bertz CT molecular complexity index is 656. The van der Waals surface area contributed by atoms with Crippen LogP contribution in [0.2, 0.25) is 0 Å². The first-order valence-electron chi connectivity index (χ1n) is 5.86. The van der Waals surface area contributed by atoms with Gasteiger partial charge in [0.15, 0.2) is 9.84 Å². The highest BCUT2D eigenvalue weighted by Gasteiger charge is 2.22. The summed E-state index contributed by atoms with van der Waals surface area (Å²) >= 11 is 0. The number of halogens is 1. The summed E-state index contributed by atoms with van der Waals surface area (Å²) in [6, 6.07) is 11.6. The maximum atomic E-state index is 13.0. The van der Waals surface area contributed by atoms with Gasteiger partial charge in [0.25, 0.3) is 0 Å². The molecular weight excluding hydrogens is 265 g/mol. The molecule has 0 saturated heterocycles. The quantitative estimate of drug-likeness (QED) is 0.808. The van der Waals surface area contributed by atoms with Crippen LogP contribution in [-0.4, -0.2) is 13.4 Å². The van der Waals surface area contributed by atoms with Crippen molar-refractivity contribution in [1.29, 1.82) is 0 Å². The molecule has 1 atom stereocenters. The zero-order valence-corrected chi connectivity index (χ0v) is 11.3. The van der Waals surface area contributed by atoms with Crippen LogP contribution in [0, 0.1) is 5.95 Å². The second-order valence-electron chi connectivity index (χ2n) is 4.35. The van der Waals surface area contributed by atoms with Crippen molar-refractivity contribution in [3.63, 3.8) is 0 Å². The Morgan fingerprint density at radius 1 is 1.21 bits per heavy atom. The van der Waals surface area contributed by atoms with E-state index in [2.05, 4.69) is 4.98 Å². The molecule has 100 valence electrons. The number of aromatic nitrogens is 1. The zero-order chi connectivity index (χ0) is 13.9. The molecular formula is C14H14FNO2S. The second-order valence-corrected chi connectivity index (χ2v) is 6.67. The zero-order valence-electron chi connectivity index (χ0n) is 10.5. The summed E-state index contributed by atoms with van der Waals surface area (Å²) in [7, 11) is -3.38. The topological polar surface area (TPSA) is 47.0 Å². The van der Waals surface area contributed by atoms with Gasteiger partial charge in [0.2, 0.25) is 5.95 Å². The van der Waals surface area contributed by atoms with Crippen LogP contribution in [0.15, 0.2) is 48.7 Å². The molecule has 0 aliphatic rings. The molecule has 19 heavy (non-hydrogen) atoms. The first-order valence-corrected chi connectivity index (χ1v) is 7.57. The predicted molar refractivity (Wildman–Crippen MR) is 71.7 cm³/mol. The van der Waals surface area contributed by atoms with E-state index in [-0.39, 0.29) is 5.75 Å². The Morgan fingerprint density at radius 3 is 2.53 bits per heavy atom. The van der Waals surface area contributed by atoms with E-state index in [0.717, 1.165) is 11.6 Å². The molecule has 0 aliphatic carbocycles. The molecule has 0 N–H and O–H groups in total. The van der Waals surface area contributed by atoms with Crippen molar-refractivity contribution in [2.45, 2.75) is 17.9 Å². The number of sulfone groups is 1. The van der Waals surface area contributed by atoms with Gasteiger partial charge < -0.3 is 0 Å². The van der Waals surface area contributed by atoms with E-state index in [0.29, 0.717) is 5.56 Å². The van der Waals surface area contributed by atoms with Crippen LogP contribution in [0.25, 0.3) is 0 Å². The summed E-state index contributed by atoms with van der Waals surface area (Å²) in [5.74, 6) is -0.859. The van der Waals surface area contributed by atoms with E-state index in [4.69, 9.17) is 0 Å². The molecule has 5 heteroatoms. The van der Waals surface area contributed by atoms with E-state index in [9.17, 15) is 12.8 Å². The lowest BCUT2D eigenvalue weighted by Crippen LogP contribution is -2.13. The average Bonchev–Trinajstić information content (AvgIpc) is 2.38. The summed E-state index contributed by atoms with van der Waals surface area (Å²) in [4.78, 5) is 3.41. The van der Waals surface area contributed by atoms with Crippen molar-refractivity contribution in [3.8, 4) is 0 Å². The van der Waals surface area contributed by atoms with E-state index in [1.165, 1.54) is 12.3 Å². The van der Waals surface area contributed by atoms with Gasteiger partial charge in [-0.2, -0.15) is 4.39 Å². The van der Waals surface area contributed by atoms with Crippen LogP contribution in [0.5, 0.6) is 0 Å². The van der Waals surface area contributed by atoms with Crippen LogP contribution in [0.3, 0.4) is 0 Å². The van der Waals surface area contributed by atoms with E-state index >= 15 is 0 Å². The smallest absolute Gasteiger partial charge is 0.213 e. The van der Waals surface area contributed by atoms with Gasteiger partial charge in [-0.3, -0.25) is 0 Å². The summed E-state index contributed by atoms with van der Waals surface area (Å²) in [5, 5.41) is -0.620. The SMILES string of the molecule is CC(c1ccccc1)S(=O)(=O)Cc1ccnc(F)c1. The maximum Gasteiger partial charge on any atom is 0.213 e. The Labute approximate surface area is 112 Å². The molecule has 3 nitrogen and oxygen atoms in total. The highest BCUT2D eigenvalue weighted by molar-refractivity contribution is 7.90. The highest BCUT2D eigenvalue weighted by Crippen LogP contribution is 2.24. The van der Waals surface area contributed by atoms with E-state index < -0.39 is 21.0 Å². The van der Waals surface area contributed by atoms with E-state index in [1.54, 1.807) is 31.2 Å². The third-order valence-corrected chi connectivity index (χ3v) is 5.05. The molecule has 0 radical (unpaired) electrons. The minimum atomic E-state index is -3.38. The predicted octanol–water partition coefficient (Wildman–Crippen LogP) is 2.90. The maximum absolute atomic E-state index is 13.0. The minimum Gasteiger partial charge on any atom is -0.228 e. The molecule has 1 aromatic carbocycles. The van der Waals surface area contributed by atoms with Crippen LogP contribution >= 0.6 is 0 Å². The molecule has 0 bridgehead atoms. The van der Waals surface area contributed by atoms with Gasteiger partial charge in [0.05, 0.1) is 11.0 Å². The van der Waals surface area contributed by atoms with Gasteiger partial charge in [-0.1, -0.05) is 30.3 Å². The summed E-state index contributed by atoms with van der Waals surface area (Å²) in [5.41, 5.74) is 1.15. The lowest BCUT2D eigenvalue weighted by atomic mass is 10.2. The summed E-state index contributed by atoms with van der Waals surface area (Å²) in [6.07, 6.45) is 1.27. The number of hydrogen-bond donors (Lipinski definition) is 0. The molecule has 1 aromatic heterocycles. The van der Waals surface area contributed by atoms with Crippen molar-refractivity contribution < 1.29 is 12.8 Å². The minimum absolute atomic E-state index is 0.192. The number of nitrogens with zero attached hydrogens (tertiary/aromatic N) is 1. The van der Waals surface area contributed by atoms with Crippen molar-refractivity contribution in [2.24, 2.45) is 0 Å². The highest BCUT2D eigenvalue weighted by atomic mass is 32.2. The molecule has 0 saturated carbocycles. The van der Waals surface area contributed by atoms with Crippen LogP contribution in [-0.2, 0) is 15.6 Å². The van der Waals surface area contributed by atoms with Crippen LogP contribution in [0.1, 0.15) is 23.3 Å². The third-order valence-electron chi connectivity index (χ3n) is 2.97. The molecule has 0 aliphatic heterocycles. The van der Waals surface area contributed by atoms with Gasteiger partial charge in [0, 0.05) is 6.20 Å². The van der Waals surface area contributed by atoms with Crippen molar-refractivity contribution in [3.05, 3.63) is 65.7 Å². The van der Waals surface area contributed by atoms with Crippen LogP contribution < -0.4 is 0 Å². The fraction of sp³-hybridized carbons (Fsp3) is 0.214.